The van der Waals surface area contributed by atoms with E-state index >= 15 is 0 Å². The van der Waals surface area contributed by atoms with E-state index in [4.69, 9.17) is 5.73 Å². The Hall–Kier alpha value is -0.780. The Bertz CT molecular complexity index is 279. The molecule has 0 unspecified atom stereocenters. The van der Waals surface area contributed by atoms with E-state index in [-0.39, 0.29) is 12.8 Å². The summed E-state index contributed by atoms with van der Waals surface area (Å²) in [5.74, 6) is -0.660. The van der Waals surface area contributed by atoms with Crippen molar-refractivity contribution in [2.75, 3.05) is 0 Å². The van der Waals surface area contributed by atoms with Gasteiger partial charge in [-0.05, 0) is 25.7 Å². The minimum absolute atomic E-state index is 0.0294. The number of nitrogens with two attached hydrogens (primary N) is 1. The highest BCUT2D eigenvalue weighted by molar-refractivity contribution is 5.90. The maximum atomic E-state index is 12.4. The Kier molecular flexibility index (Phi) is 1.69. The van der Waals surface area contributed by atoms with Gasteiger partial charge in [-0.25, -0.2) is 0 Å². The predicted octanol–water partition coefficient (Wildman–Crippen LogP) is 0.689. The van der Waals surface area contributed by atoms with Gasteiger partial charge in [-0.3, -0.25) is 4.79 Å². The molecular formula is C8H11F3N2O. The predicted molar refractivity (Wildman–Crippen MR) is 42.3 cm³/mol. The number of rotatable bonds is 2. The molecule has 80 valence electrons. The van der Waals surface area contributed by atoms with Crippen molar-refractivity contribution in [2.24, 2.45) is 5.73 Å². The van der Waals surface area contributed by atoms with Gasteiger partial charge in [0.05, 0.1) is 5.54 Å². The van der Waals surface area contributed by atoms with Crippen molar-refractivity contribution < 1.29 is 18.0 Å². The molecule has 1 amide bonds. The van der Waals surface area contributed by atoms with E-state index in [1.165, 1.54) is 0 Å². The van der Waals surface area contributed by atoms with Crippen LogP contribution in [0.3, 0.4) is 0 Å². The fourth-order valence-corrected chi connectivity index (χ4v) is 1.31. The second-order valence-electron chi connectivity index (χ2n) is 4.19. The summed E-state index contributed by atoms with van der Waals surface area (Å²) < 4.78 is 37.2. The lowest BCUT2D eigenvalue weighted by Crippen LogP contribution is -2.54. The number of amides is 1. The zero-order valence-electron chi connectivity index (χ0n) is 7.45. The number of nitrogens with one attached hydrogen (secondary N) is 1. The summed E-state index contributed by atoms with van der Waals surface area (Å²) in [5, 5.41) is 2.02. The summed E-state index contributed by atoms with van der Waals surface area (Å²) in [6, 6.07) is 0. The molecule has 0 atom stereocenters. The van der Waals surface area contributed by atoms with Crippen LogP contribution in [0.4, 0.5) is 13.2 Å². The lowest BCUT2D eigenvalue weighted by Gasteiger charge is -2.22. The standard InChI is InChI=1S/C8H11F3N2O/c9-8(10,11)7(3-4-7)13-5(14)6(12)1-2-6/h1-4,12H2,(H,13,14). The maximum Gasteiger partial charge on any atom is 0.411 e. The Morgan fingerprint density at radius 2 is 1.71 bits per heavy atom. The van der Waals surface area contributed by atoms with E-state index in [0.29, 0.717) is 12.8 Å². The fourth-order valence-electron chi connectivity index (χ4n) is 1.31. The molecule has 2 aliphatic rings. The molecule has 3 nitrogen and oxygen atoms in total. The van der Waals surface area contributed by atoms with E-state index in [9.17, 15) is 18.0 Å². The summed E-state index contributed by atoms with van der Waals surface area (Å²) in [6.45, 7) is 0. The van der Waals surface area contributed by atoms with Gasteiger partial charge in [0.15, 0.2) is 0 Å². The number of carbonyl (C=O) groups excluding carboxylic acids is 1. The van der Waals surface area contributed by atoms with Crippen LogP contribution in [-0.4, -0.2) is 23.2 Å². The molecule has 14 heavy (non-hydrogen) atoms. The van der Waals surface area contributed by atoms with Gasteiger partial charge >= 0.3 is 6.18 Å². The number of alkyl halides is 3. The molecule has 0 radical (unpaired) electrons. The highest BCUT2D eigenvalue weighted by Gasteiger charge is 2.65. The van der Waals surface area contributed by atoms with E-state index in [2.05, 4.69) is 0 Å². The molecule has 0 bridgehead atoms. The number of carbonyl (C=O) groups is 1. The number of halogens is 3. The maximum absolute atomic E-state index is 12.4. The molecule has 2 aliphatic carbocycles. The molecule has 2 fully saturated rings. The van der Waals surface area contributed by atoms with Crippen LogP contribution >= 0.6 is 0 Å². The zero-order chi connectivity index (χ0) is 10.6. The number of hydrogen-bond donors (Lipinski definition) is 2. The number of hydrogen-bond acceptors (Lipinski definition) is 2. The first-order chi connectivity index (χ1) is 6.29. The summed E-state index contributed by atoms with van der Waals surface area (Å²) in [7, 11) is 0. The van der Waals surface area contributed by atoms with Crippen molar-refractivity contribution in [1.82, 2.24) is 5.32 Å². The van der Waals surface area contributed by atoms with Crippen molar-refractivity contribution in [3.63, 3.8) is 0 Å². The van der Waals surface area contributed by atoms with Gasteiger partial charge in [0.25, 0.3) is 0 Å². The molecule has 0 spiro atoms. The quantitative estimate of drug-likeness (QED) is 0.701. The molecule has 0 aromatic heterocycles. The van der Waals surface area contributed by atoms with Gasteiger partial charge < -0.3 is 11.1 Å². The molecule has 6 heteroatoms. The van der Waals surface area contributed by atoms with E-state index in [0.717, 1.165) is 0 Å². The van der Waals surface area contributed by atoms with E-state index < -0.39 is 23.2 Å². The third kappa shape index (κ3) is 1.37. The molecule has 0 aromatic carbocycles. The van der Waals surface area contributed by atoms with Gasteiger partial charge in [0.2, 0.25) is 5.91 Å². The molecule has 0 aromatic rings. The highest BCUT2D eigenvalue weighted by Crippen LogP contribution is 2.49. The summed E-state index contributed by atoms with van der Waals surface area (Å²) in [6.07, 6.45) is -3.45. The van der Waals surface area contributed by atoms with Crippen molar-refractivity contribution in [3.8, 4) is 0 Å². The normalized spacial score (nSPS) is 26.9. The topological polar surface area (TPSA) is 55.1 Å². The van der Waals surface area contributed by atoms with Crippen LogP contribution < -0.4 is 11.1 Å². The fraction of sp³-hybridized carbons (Fsp3) is 0.875. The van der Waals surface area contributed by atoms with Crippen molar-refractivity contribution in [1.29, 1.82) is 0 Å². The Labute approximate surface area is 78.8 Å². The first-order valence-corrected chi connectivity index (χ1v) is 4.47. The van der Waals surface area contributed by atoms with Crippen LogP contribution in [0, 0.1) is 0 Å². The van der Waals surface area contributed by atoms with Crippen molar-refractivity contribution in [3.05, 3.63) is 0 Å². The average molecular weight is 208 g/mol. The lowest BCUT2D eigenvalue weighted by atomic mass is 10.2. The average Bonchev–Trinajstić information content (AvgIpc) is 2.85. The minimum atomic E-state index is -4.35. The molecule has 0 heterocycles. The Balaban J connectivity index is 2.01. The van der Waals surface area contributed by atoms with Crippen LogP contribution in [0.5, 0.6) is 0 Å². The molecule has 2 saturated carbocycles. The SMILES string of the molecule is NC1(C(=O)NC2(C(F)(F)F)CC2)CC1. The largest absolute Gasteiger partial charge is 0.411 e. The molecule has 0 saturated heterocycles. The van der Waals surface area contributed by atoms with E-state index in [1.807, 2.05) is 5.32 Å². The van der Waals surface area contributed by atoms with Gasteiger partial charge in [-0.1, -0.05) is 0 Å². The Morgan fingerprint density at radius 3 is 2.00 bits per heavy atom. The first-order valence-electron chi connectivity index (χ1n) is 4.47. The van der Waals surface area contributed by atoms with E-state index in [1.54, 1.807) is 0 Å². The Morgan fingerprint density at radius 1 is 1.21 bits per heavy atom. The first kappa shape index (κ1) is 9.76. The van der Waals surface area contributed by atoms with Gasteiger partial charge in [-0.2, -0.15) is 13.2 Å². The molecule has 0 aliphatic heterocycles. The minimum Gasteiger partial charge on any atom is -0.340 e. The molecule has 2 rings (SSSR count). The van der Waals surface area contributed by atoms with Gasteiger partial charge in [0, 0.05) is 0 Å². The van der Waals surface area contributed by atoms with Gasteiger partial charge in [-0.15, -0.1) is 0 Å². The highest BCUT2D eigenvalue weighted by atomic mass is 19.4. The molecule has 3 N–H and O–H groups in total. The lowest BCUT2D eigenvalue weighted by molar-refractivity contribution is -0.170. The van der Waals surface area contributed by atoms with Crippen molar-refractivity contribution in [2.45, 2.75) is 42.9 Å². The summed E-state index contributed by atoms with van der Waals surface area (Å²) >= 11 is 0. The van der Waals surface area contributed by atoms with Crippen LogP contribution in [0.2, 0.25) is 0 Å². The third-order valence-electron chi connectivity index (χ3n) is 2.89. The monoisotopic (exact) mass is 208 g/mol. The van der Waals surface area contributed by atoms with Crippen LogP contribution in [0.1, 0.15) is 25.7 Å². The zero-order valence-corrected chi connectivity index (χ0v) is 7.45. The smallest absolute Gasteiger partial charge is 0.340 e. The van der Waals surface area contributed by atoms with Crippen LogP contribution in [0.15, 0.2) is 0 Å². The second kappa shape index (κ2) is 2.42. The summed E-state index contributed by atoms with van der Waals surface area (Å²) in [5.41, 5.74) is 2.49. The van der Waals surface area contributed by atoms with Crippen LogP contribution in [-0.2, 0) is 4.79 Å². The van der Waals surface area contributed by atoms with Crippen LogP contribution in [0.25, 0.3) is 0 Å². The van der Waals surface area contributed by atoms with Gasteiger partial charge in [0.1, 0.15) is 5.54 Å². The summed E-state index contributed by atoms with van der Waals surface area (Å²) in [4.78, 5) is 11.3. The molecular weight excluding hydrogens is 197 g/mol. The van der Waals surface area contributed by atoms with Crippen molar-refractivity contribution >= 4 is 5.91 Å². The second-order valence-corrected chi connectivity index (χ2v) is 4.19. The third-order valence-corrected chi connectivity index (χ3v) is 2.89.